The number of rotatable bonds is 5. The molecule has 8 nitrogen and oxygen atoms in total. The molecule has 0 rings (SSSR count). The molecule has 96 valence electrons. The van der Waals surface area contributed by atoms with Crippen LogP contribution in [-0.4, -0.2) is 35.4 Å². The SMILES string of the molecule is CC(C)(C)OC(=O)NCC[C@@H](N=[N+]=[N-])C(=O)O. The van der Waals surface area contributed by atoms with Crippen LogP contribution in [0.5, 0.6) is 0 Å². The van der Waals surface area contributed by atoms with Gasteiger partial charge in [-0.3, -0.25) is 4.79 Å². The summed E-state index contributed by atoms with van der Waals surface area (Å²) in [5, 5.41) is 14.1. The quantitative estimate of drug-likeness (QED) is 0.433. The summed E-state index contributed by atoms with van der Waals surface area (Å²) in [6.45, 7) is 5.21. The monoisotopic (exact) mass is 244 g/mol. The van der Waals surface area contributed by atoms with Gasteiger partial charge in [-0.15, -0.1) is 0 Å². The summed E-state index contributed by atoms with van der Waals surface area (Å²) in [5.41, 5.74) is 7.52. The smallest absolute Gasteiger partial charge is 0.407 e. The number of ether oxygens (including phenoxy) is 1. The zero-order valence-corrected chi connectivity index (χ0v) is 10.0. The van der Waals surface area contributed by atoms with Crippen molar-refractivity contribution in [2.24, 2.45) is 5.11 Å². The Balaban J connectivity index is 4.01. The summed E-state index contributed by atoms with van der Waals surface area (Å²) >= 11 is 0. The van der Waals surface area contributed by atoms with Crippen LogP contribution < -0.4 is 5.32 Å². The van der Waals surface area contributed by atoms with E-state index in [1.54, 1.807) is 20.8 Å². The summed E-state index contributed by atoms with van der Waals surface area (Å²) in [5.74, 6) is -1.23. The molecule has 1 amide bonds. The van der Waals surface area contributed by atoms with Gasteiger partial charge in [-0.2, -0.15) is 0 Å². The van der Waals surface area contributed by atoms with Crippen LogP contribution >= 0.6 is 0 Å². The molecule has 0 aromatic heterocycles. The number of hydrogen-bond donors (Lipinski definition) is 2. The highest BCUT2D eigenvalue weighted by Gasteiger charge is 2.18. The Morgan fingerprint density at radius 1 is 1.53 bits per heavy atom. The Labute approximate surface area is 98.6 Å². The van der Waals surface area contributed by atoms with E-state index in [0.29, 0.717) is 0 Å². The van der Waals surface area contributed by atoms with E-state index >= 15 is 0 Å². The zero-order chi connectivity index (χ0) is 13.5. The van der Waals surface area contributed by atoms with Crippen molar-refractivity contribution in [3.63, 3.8) is 0 Å². The number of aliphatic carboxylic acids is 1. The van der Waals surface area contributed by atoms with Crippen LogP contribution in [-0.2, 0) is 9.53 Å². The maximum Gasteiger partial charge on any atom is 0.407 e. The van der Waals surface area contributed by atoms with E-state index in [2.05, 4.69) is 15.3 Å². The van der Waals surface area contributed by atoms with Crippen molar-refractivity contribution in [2.75, 3.05) is 6.54 Å². The van der Waals surface area contributed by atoms with E-state index in [-0.39, 0.29) is 13.0 Å². The Hall–Kier alpha value is -1.95. The Morgan fingerprint density at radius 2 is 2.12 bits per heavy atom. The molecule has 1 atom stereocenters. The van der Waals surface area contributed by atoms with Gasteiger partial charge < -0.3 is 15.2 Å². The zero-order valence-electron chi connectivity index (χ0n) is 10.0. The minimum atomic E-state index is -1.23. The minimum absolute atomic E-state index is 0.0125. The molecule has 0 aliphatic rings. The molecular formula is C9H16N4O4. The number of carbonyl (C=O) groups is 2. The van der Waals surface area contributed by atoms with Crippen molar-refractivity contribution in [1.82, 2.24) is 5.32 Å². The van der Waals surface area contributed by atoms with E-state index in [1.807, 2.05) is 0 Å². The summed E-state index contributed by atoms with van der Waals surface area (Å²) < 4.78 is 4.94. The van der Waals surface area contributed by atoms with Crippen LogP contribution in [0.15, 0.2) is 5.11 Å². The molecule has 0 radical (unpaired) electrons. The Kier molecular flexibility index (Phi) is 5.84. The van der Waals surface area contributed by atoms with Crippen molar-refractivity contribution in [2.45, 2.75) is 38.8 Å². The number of carboxylic acids is 1. The van der Waals surface area contributed by atoms with Gasteiger partial charge in [0.2, 0.25) is 0 Å². The lowest BCUT2D eigenvalue weighted by atomic mass is 10.2. The fourth-order valence-corrected chi connectivity index (χ4v) is 0.918. The first-order valence-electron chi connectivity index (χ1n) is 5.00. The van der Waals surface area contributed by atoms with Gasteiger partial charge >= 0.3 is 12.1 Å². The predicted molar refractivity (Wildman–Crippen MR) is 59.4 cm³/mol. The summed E-state index contributed by atoms with van der Waals surface area (Å²) in [4.78, 5) is 24.2. The number of carbonyl (C=O) groups excluding carboxylic acids is 1. The van der Waals surface area contributed by atoms with Gasteiger partial charge in [0.15, 0.2) is 0 Å². The number of azide groups is 1. The van der Waals surface area contributed by atoms with E-state index < -0.39 is 23.7 Å². The first-order chi connectivity index (χ1) is 7.76. The van der Waals surface area contributed by atoms with Crippen LogP contribution in [0.4, 0.5) is 4.79 Å². The molecule has 0 saturated heterocycles. The highest BCUT2D eigenvalue weighted by molar-refractivity contribution is 5.73. The molecule has 0 bridgehead atoms. The lowest BCUT2D eigenvalue weighted by Gasteiger charge is -2.19. The van der Waals surface area contributed by atoms with Crippen molar-refractivity contribution in [3.8, 4) is 0 Å². The topological polar surface area (TPSA) is 124 Å². The van der Waals surface area contributed by atoms with E-state index in [4.69, 9.17) is 15.4 Å². The van der Waals surface area contributed by atoms with Crippen LogP contribution in [0.1, 0.15) is 27.2 Å². The van der Waals surface area contributed by atoms with E-state index in [1.165, 1.54) is 0 Å². The standard InChI is InChI=1S/C9H16N4O4/c1-9(2,3)17-8(16)11-5-4-6(7(14)15)12-13-10/h6H,4-5H2,1-3H3,(H,11,16)(H,14,15)/t6-/m1/s1. The molecule has 0 spiro atoms. The van der Waals surface area contributed by atoms with Gasteiger partial charge in [0.25, 0.3) is 0 Å². The summed E-state index contributed by atoms with van der Waals surface area (Å²) in [7, 11) is 0. The third kappa shape index (κ3) is 7.92. The number of amides is 1. The summed E-state index contributed by atoms with van der Waals surface area (Å²) in [6.07, 6.45) is -0.624. The number of nitrogens with one attached hydrogen (secondary N) is 1. The third-order valence-electron chi connectivity index (χ3n) is 1.56. The highest BCUT2D eigenvalue weighted by Crippen LogP contribution is 2.06. The Bertz CT molecular complexity index is 328. The largest absolute Gasteiger partial charge is 0.481 e. The molecule has 2 N–H and O–H groups in total. The van der Waals surface area contributed by atoms with Crippen molar-refractivity contribution in [3.05, 3.63) is 10.4 Å². The van der Waals surface area contributed by atoms with Gasteiger partial charge in [0.1, 0.15) is 11.6 Å². The molecule has 17 heavy (non-hydrogen) atoms. The normalized spacial score (nSPS) is 12.2. The van der Waals surface area contributed by atoms with Gasteiger partial charge in [0, 0.05) is 11.5 Å². The lowest BCUT2D eigenvalue weighted by molar-refractivity contribution is -0.138. The highest BCUT2D eigenvalue weighted by atomic mass is 16.6. The van der Waals surface area contributed by atoms with Crippen molar-refractivity contribution in [1.29, 1.82) is 0 Å². The van der Waals surface area contributed by atoms with Crippen LogP contribution in [0.3, 0.4) is 0 Å². The number of hydrogen-bond acceptors (Lipinski definition) is 4. The second-order valence-electron chi connectivity index (χ2n) is 4.28. The molecule has 0 unspecified atom stereocenters. The van der Waals surface area contributed by atoms with Crippen LogP contribution in [0.25, 0.3) is 10.4 Å². The number of nitrogens with zero attached hydrogens (tertiary/aromatic N) is 3. The fourth-order valence-electron chi connectivity index (χ4n) is 0.918. The third-order valence-corrected chi connectivity index (χ3v) is 1.56. The number of carboxylic acid groups (broad SMARTS) is 1. The molecule has 0 fully saturated rings. The summed E-state index contributed by atoms with van der Waals surface area (Å²) in [6, 6.07) is -1.19. The maximum absolute atomic E-state index is 11.2. The first kappa shape index (κ1) is 15.0. The van der Waals surface area contributed by atoms with Crippen molar-refractivity contribution >= 4 is 12.1 Å². The average molecular weight is 244 g/mol. The molecule has 0 aromatic carbocycles. The molecule has 0 aliphatic carbocycles. The van der Waals surface area contributed by atoms with E-state index in [0.717, 1.165) is 0 Å². The second kappa shape index (κ2) is 6.59. The number of alkyl carbamates (subject to hydrolysis) is 1. The molecule has 0 heterocycles. The van der Waals surface area contributed by atoms with Gasteiger partial charge in [-0.25, -0.2) is 4.79 Å². The predicted octanol–water partition coefficient (Wildman–Crippen LogP) is 1.66. The van der Waals surface area contributed by atoms with Gasteiger partial charge in [-0.05, 0) is 32.7 Å². The first-order valence-corrected chi connectivity index (χ1v) is 5.00. The van der Waals surface area contributed by atoms with Gasteiger partial charge in [-0.1, -0.05) is 5.11 Å². The average Bonchev–Trinajstić information content (AvgIpc) is 2.13. The van der Waals surface area contributed by atoms with Crippen LogP contribution in [0, 0.1) is 0 Å². The van der Waals surface area contributed by atoms with Gasteiger partial charge in [0.05, 0.1) is 0 Å². The molecule has 0 saturated carbocycles. The van der Waals surface area contributed by atoms with Crippen LogP contribution in [0.2, 0.25) is 0 Å². The molecular weight excluding hydrogens is 228 g/mol. The maximum atomic E-state index is 11.2. The fraction of sp³-hybridized carbons (Fsp3) is 0.778. The molecule has 8 heteroatoms. The van der Waals surface area contributed by atoms with E-state index in [9.17, 15) is 9.59 Å². The minimum Gasteiger partial charge on any atom is -0.481 e. The lowest BCUT2D eigenvalue weighted by Crippen LogP contribution is -2.34. The molecule has 0 aromatic rings. The molecule has 0 aliphatic heterocycles. The van der Waals surface area contributed by atoms with Crippen molar-refractivity contribution < 1.29 is 19.4 Å². The Morgan fingerprint density at radius 3 is 2.53 bits per heavy atom. The second-order valence-corrected chi connectivity index (χ2v) is 4.28.